The fourth-order valence-electron chi connectivity index (χ4n) is 3.72. The number of nitrogens with one attached hydrogen (secondary N) is 1. The largest absolute Gasteiger partial charge is 0.494 e. The molecule has 0 aliphatic carbocycles. The lowest BCUT2D eigenvalue weighted by atomic mass is 10.1. The minimum Gasteiger partial charge on any atom is -0.494 e. The molecular weight excluding hydrogens is 394 g/mol. The lowest BCUT2D eigenvalue weighted by Crippen LogP contribution is -2.24. The maximum Gasteiger partial charge on any atom is 0.275 e. The van der Waals surface area contributed by atoms with Crippen LogP contribution in [0.3, 0.4) is 0 Å². The van der Waals surface area contributed by atoms with E-state index < -0.39 is 0 Å². The Morgan fingerprint density at radius 1 is 1.16 bits per heavy atom. The van der Waals surface area contributed by atoms with Crippen LogP contribution in [0.4, 0.5) is 5.69 Å². The number of hydrogen-bond donors (Lipinski definition) is 1. The van der Waals surface area contributed by atoms with Gasteiger partial charge >= 0.3 is 0 Å². The van der Waals surface area contributed by atoms with Crippen molar-refractivity contribution in [2.24, 2.45) is 0 Å². The zero-order valence-corrected chi connectivity index (χ0v) is 17.0. The highest BCUT2D eigenvalue weighted by Crippen LogP contribution is 2.32. The number of aromatic amines is 1. The Morgan fingerprint density at radius 3 is 2.74 bits per heavy atom. The summed E-state index contributed by atoms with van der Waals surface area (Å²) in [6, 6.07) is 19.2. The Labute approximate surface area is 178 Å². The van der Waals surface area contributed by atoms with Gasteiger partial charge in [-0.25, -0.2) is 0 Å². The Kier molecular flexibility index (Phi) is 4.95. The fourth-order valence-corrected chi connectivity index (χ4v) is 3.72. The first-order valence-corrected chi connectivity index (χ1v) is 10.2. The Bertz CT molecular complexity index is 1180. The maximum atomic E-state index is 12.6. The van der Waals surface area contributed by atoms with Gasteiger partial charge in [-0.1, -0.05) is 35.5 Å². The van der Waals surface area contributed by atoms with Gasteiger partial charge < -0.3 is 14.2 Å². The Morgan fingerprint density at radius 2 is 1.97 bits per heavy atom. The predicted octanol–water partition coefficient (Wildman–Crippen LogP) is 4.05. The summed E-state index contributed by atoms with van der Waals surface area (Å²) in [5.74, 6) is 1.57. The average Bonchev–Trinajstić information content (AvgIpc) is 3.54. The van der Waals surface area contributed by atoms with Gasteiger partial charge in [-0.2, -0.15) is 10.1 Å². The molecule has 1 atom stereocenters. The summed E-state index contributed by atoms with van der Waals surface area (Å²) in [5, 5.41) is 11.4. The van der Waals surface area contributed by atoms with Crippen molar-refractivity contribution >= 4 is 11.6 Å². The van der Waals surface area contributed by atoms with E-state index in [4.69, 9.17) is 9.26 Å². The van der Waals surface area contributed by atoms with E-state index in [0.29, 0.717) is 37.0 Å². The number of ether oxygens (including phenoxy) is 1. The minimum absolute atomic E-state index is 0.0356. The van der Waals surface area contributed by atoms with Crippen molar-refractivity contribution in [3.8, 4) is 28.6 Å². The number of carbonyl (C=O) groups is 1. The maximum absolute atomic E-state index is 12.6. The lowest BCUT2D eigenvalue weighted by molar-refractivity contribution is -0.117. The number of carbonyl (C=O) groups excluding carboxylic acids is 1. The smallest absolute Gasteiger partial charge is 0.275 e. The van der Waals surface area contributed by atoms with Crippen LogP contribution in [-0.4, -0.2) is 39.4 Å². The molecule has 1 aliphatic heterocycles. The quantitative estimate of drug-likeness (QED) is 0.510. The number of aromatic nitrogens is 4. The molecule has 8 heteroatoms. The number of H-pyrrole nitrogens is 1. The molecule has 0 spiro atoms. The number of rotatable bonds is 6. The molecule has 1 aliphatic rings. The van der Waals surface area contributed by atoms with Crippen molar-refractivity contribution < 1.29 is 14.1 Å². The molecule has 0 saturated carbocycles. The summed E-state index contributed by atoms with van der Waals surface area (Å²) in [7, 11) is 0. The summed E-state index contributed by atoms with van der Waals surface area (Å²) < 4.78 is 10.9. The van der Waals surface area contributed by atoms with E-state index in [1.807, 2.05) is 67.6 Å². The molecule has 31 heavy (non-hydrogen) atoms. The molecule has 0 bridgehead atoms. The van der Waals surface area contributed by atoms with Crippen molar-refractivity contribution in [3.05, 3.63) is 66.5 Å². The van der Waals surface area contributed by atoms with Gasteiger partial charge in [0.15, 0.2) is 5.82 Å². The van der Waals surface area contributed by atoms with Gasteiger partial charge in [0.25, 0.3) is 5.89 Å². The summed E-state index contributed by atoms with van der Waals surface area (Å²) >= 11 is 0. The van der Waals surface area contributed by atoms with Crippen LogP contribution < -0.4 is 9.64 Å². The van der Waals surface area contributed by atoms with Gasteiger partial charge in [-0.05, 0) is 37.3 Å². The number of nitrogens with zero attached hydrogens (tertiary/aromatic N) is 4. The first-order chi connectivity index (χ1) is 15.2. The van der Waals surface area contributed by atoms with Crippen molar-refractivity contribution in [2.45, 2.75) is 19.3 Å². The van der Waals surface area contributed by atoms with Gasteiger partial charge in [0.05, 0.1) is 12.3 Å². The van der Waals surface area contributed by atoms with Crippen LogP contribution >= 0.6 is 0 Å². The van der Waals surface area contributed by atoms with E-state index in [9.17, 15) is 4.79 Å². The van der Waals surface area contributed by atoms with Gasteiger partial charge in [-0.15, -0.1) is 0 Å². The molecule has 1 amide bonds. The highest BCUT2D eigenvalue weighted by molar-refractivity contribution is 5.96. The van der Waals surface area contributed by atoms with Crippen molar-refractivity contribution in [1.82, 2.24) is 20.3 Å². The molecule has 1 unspecified atom stereocenters. The Balaban J connectivity index is 1.31. The topological polar surface area (TPSA) is 97.1 Å². The van der Waals surface area contributed by atoms with Gasteiger partial charge in [0.1, 0.15) is 11.4 Å². The van der Waals surface area contributed by atoms with Crippen LogP contribution in [0.2, 0.25) is 0 Å². The summed E-state index contributed by atoms with van der Waals surface area (Å²) in [6.07, 6.45) is 0.338. The van der Waals surface area contributed by atoms with Gasteiger partial charge in [0.2, 0.25) is 5.91 Å². The zero-order valence-electron chi connectivity index (χ0n) is 17.0. The van der Waals surface area contributed by atoms with Crippen LogP contribution in [0, 0.1) is 0 Å². The normalized spacial score (nSPS) is 16.1. The minimum atomic E-state index is -0.131. The van der Waals surface area contributed by atoms with Crippen LogP contribution in [-0.2, 0) is 4.79 Å². The van der Waals surface area contributed by atoms with Crippen LogP contribution in [0.15, 0.2) is 65.2 Å². The second kappa shape index (κ2) is 8.06. The highest BCUT2D eigenvalue weighted by atomic mass is 16.5. The van der Waals surface area contributed by atoms with Crippen molar-refractivity contribution in [3.63, 3.8) is 0 Å². The number of benzene rings is 2. The average molecular weight is 415 g/mol. The van der Waals surface area contributed by atoms with E-state index >= 15 is 0 Å². The van der Waals surface area contributed by atoms with Gasteiger partial charge in [0, 0.05) is 30.1 Å². The lowest BCUT2D eigenvalue weighted by Gasteiger charge is -2.16. The molecule has 8 nitrogen and oxygen atoms in total. The molecule has 1 fully saturated rings. The molecule has 5 rings (SSSR count). The van der Waals surface area contributed by atoms with Crippen LogP contribution in [0.25, 0.3) is 22.8 Å². The zero-order chi connectivity index (χ0) is 21.2. The SMILES string of the molecule is CCOc1ccc(N2CC(c3noc(-c4cc(-c5ccccc5)n[nH]4)n3)CC2=O)cc1. The molecule has 0 radical (unpaired) electrons. The van der Waals surface area contributed by atoms with Gasteiger partial charge in [-0.3, -0.25) is 9.89 Å². The molecule has 2 aromatic heterocycles. The van der Waals surface area contributed by atoms with E-state index in [2.05, 4.69) is 20.3 Å². The second-order valence-corrected chi connectivity index (χ2v) is 7.32. The number of amides is 1. The molecule has 2 aromatic carbocycles. The molecule has 1 N–H and O–H groups in total. The van der Waals surface area contributed by atoms with E-state index in [1.54, 1.807) is 4.90 Å². The summed E-state index contributed by atoms with van der Waals surface area (Å²) in [4.78, 5) is 18.9. The van der Waals surface area contributed by atoms with Crippen molar-refractivity contribution in [1.29, 1.82) is 0 Å². The molecule has 156 valence electrons. The van der Waals surface area contributed by atoms with Crippen LogP contribution in [0.5, 0.6) is 5.75 Å². The first kappa shape index (κ1) is 19.0. The summed E-state index contributed by atoms with van der Waals surface area (Å²) in [5.41, 5.74) is 3.27. The first-order valence-electron chi connectivity index (χ1n) is 10.2. The van der Waals surface area contributed by atoms with Crippen molar-refractivity contribution in [2.75, 3.05) is 18.1 Å². The molecule has 3 heterocycles. The van der Waals surface area contributed by atoms with Crippen LogP contribution in [0.1, 0.15) is 25.1 Å². The summed E-state index contributed by atoms with van der Waals surface area (Å²) in [6.45, 7) is 3.05. The number of hydrogen-bond acceptors (Lipinski definition) is 6. The fraction of sp³-hybridized carbons (Fsp3) is 0.217. The third kappa shape index (κ3) is 3.79. The standard InChI is InChI=1S/C23H21N5O3/c1-2-30-18-10-8-17(9-11-18)28-14-16(12-21(28)29)22-24-23(31-27-22)20-13-19(25-26-20)15-6-4-3-5-7-15/h3-11,13,16H,2,12,14H2,1H3,(H,25,26). The molecule has 4 aromatic rings. The number of anilines is 1. The highest BCUT2D eigenvalue weighted by Gasteiger charge is 2.34. The molecule has 1 saturated heterocycles. The van der Waals surface area contributed by atoms with E-state index in [-0.39, 0.29) is 11.8 Å². The second-order valence-electron chi connectivity index (χ2n) is 7.32. The third-order valence-electron chi connectivity index (χ3n) is 5.27. The van der Waals surface area contributed by atoms with E-state index in [1.165, 1.54) is 0 Å². The Hall–Kier alpha value is -3.94. The molecular formula is C23H21N5O3. The monoisotopic (exact) mass is 415 g/mol. The van der Waals surface area contributed by atoms with E-state index in [0.717, 1.165) is 22.7 Å². The third-order valence-corrected chi connectivity index (χ3v) is 5.27. The predicted molar refractivity (Wildman–Crippen MR) is 115 cm³/mol.